The second kappa shape index (κ2) is 6.22. The van der Waals surface area contributed by atoms with Gasteiger partial charge in [0.25, 0.3) is 0 Å². The fourth-order valence-electron chi connectivity index (χ4n) is 2.35. The van der Waals surface area contributed by atoms with Gasteiger partial charge in [-0.2, -0.15) is 0 Å². The van der Waals surface area contributed by atoms with Gasteiger partial charge in [0.2, 0.25) is 5.88 Å². The molecule has 0 radical (unpaired) electrons. The Morgan fingerprint density at radius 3 is 3.12 bits per heavy atom. The number of rotatable bonds is 5. The summed E-state index contributed by atoms with van der Waals surface area (Å²) in [5, 5.41) is 3.84. The van der Waals surface area contributed by atoms with Crippen LogP contribution in [0.4, 0.5) is 0 Å². The van der Waals surface area contributed by atoms with E-state index >= 15 is 0 Å². The molecule has 1 aliphatic rings. The molecule has 0 aromatic carbocycles. The van der Waals surface area contributed by atoms with Crippen LogP contribution in [-0.4, -0.2) is 24.0 Å². The second-order valence-electron chi connectivity index (χ2n) is 4.58. The fourth-order valence-corrected chi connectivity index (χ4v) is 2.73. The van der Waals surface area contributed by atoms with Crippen molar-refractivity contribution in [2.75, 3.05) is 13.7 Å². The number of ether oxygens (including phenoxy) is 1. The van der Waals surface area contributed by atoms with Crippen LogP contribution in [0.15, 0.2) is 18.3 Å². The van der Waals surface area contributed by atoms with E-state index in [4.69, 9.17) is 16.3 Å². The van der Waals surface area contributed by atoms with Crippen LogP contribution in [0.1, 0.15) is 24.8 Å². The summed E-state index contributed by atoms with van der Waals surface area (Å²) in [6.45, 7) is 1.84. The number of hydrogen-bond donors (Lipinski definition) is 1. The zero-order chi connectivity index (χ0) is 12.1. The normalized spacial score (nSPS) is 23.9. The standard InChI is InChI=1S/C13H19ClN2O/c1-17-13-11(3-2-6-16-13)9-15-8-10-4-5-12(14)7-10/h2-3,6,10,12,15H,4-5,7-9H2,1H3. The predicted octanol–water partition coefficient (Wildman–Crippen LogP) is 2.59. The van der Waals surface area contributed by atoms with Gasteiger partial charge in [0.15, 0.2) is 0 Å². The Bertz CT molecular complexity index is 359. The molecule has 0 saturated heterocycles. The van der Waals surface area contributed by atoms with Crippen molar-refractivity contribution in [3.63, 3.8) is 0 Å². The summed E-state index contributed by atoms with van der Waals surface area (Å²) >= 11 is 6.09. The lowest BCUT2D eigenvalue weighted by Gasteiger charge is -2.12. The van der Waals surface area contributed by atoms with Gasteiger partial charge >= 0.3 is 0 Å². The van der Waals surface area contributed by atoms with E-state index in [2.05, 4.69) is 10.3 Å². The Kier molecular flexibility index (Phi) is 4.63. The van der Waals surface area contributed by atoms with Crippen LogP contribution in [0.5, 0.6) is 5.88 Å². The highest BCUT2D eigenvalue weighted by Crippen LogP contribution is 2.28. The van der Waals surface area contributed by atoms with Gasteiger partial charge in [-0.3, -0.25) is 0 Å². The Morgan fingerprint density at radius 1 is 1.53 bits per heavy atom. The minimum Gasteiger partial charge on any atom is -0.481 e. The average Bonchev–Trinajstić information content (AvgIpc) is 2.76. The number of halogens is 1. The van der Waals surface area contributed by atoms with Crippen LogP contribution in [0, 0.1) is 5.92 Å². The fraction of sp³-hybridized carbons (Fsp3) is 0.615. The van der Waals surface area contributed by atoms with E-state index in [0.29, 0.717) is 11.3 Å². The van der Waals surface area contributed by atoms with Gasteiger partial charge in [-0.1, -0.05) is 6.07 Å². The molecule has 1 N–H and O–H groups in total. The van der Waals surface area contributed by atoms with E-state index in [1.807, 2.05) is 12.1 Å². The largest absolute Gasteiger partial charge is 0.481 e. The molecular weight excluding hydrogens is 236 g/mol. The van der Waals surface area contributed by atoms with Crippen LogP contribution in [0.3, 0.4) is 0 Å². The summed E-state index contributed by atoms with van der Waals surface area (Å²) in [6.07, 6.45) is 5.28. The number of nitrogens with one attached hydrogen (secondary N) is 1. The topological polar surface area (TPSA) is 34.1 Å². The molecule has 3 nitrogen and oxygen atoms in total. The van der Waals surface area contributed by atoms with Crippen LogP contribution >= 0.6 is 11.6 Å². The quantitative estimate of drug-likeness (QED) is 0.821. The van der Waals surface area contributed by atoms with Crippen molar-refractivity contribution >= 4 is 11.6 Å². The summed E-state index contributed by atoms with van der Waals surface area (Å²) in [4.78, 5) is 4.18. The van der Waals surface area contributed by atoms with Gasteiger partial charge in [0, 0.05) is 23.7 Å². The van der Waals surface area contributed by atoms with Crippen LogP contribution in [0.25, 0.3) is 0 Å². The summed E-state index contributed by atoms with van der Waals surface area (Å²) in [5.74, 6) is 1.43. The molecule has 2 unspecified atom stereocenters. The molecule has 1 aromatic heterocycles. The van der Waals surface area contributed by atoms with Crippen molar-refractivity contribution in [2.24, 2.45) is 5.92 Å². The third kappa shape index (κ3) is 3.58. The molecule has 1 aromatic rings. The lowest BCUT2D eigenvalue weighted by molar-refractivity contribution is 0.388. The molecule has 0 amide bonds. The molecule has 1 heterocycles. The summed E-state index contributed by atoms with van der Waals surface area (Å²) in [5.41, 5.74) is 1.11. The van der Waals surface area contributed by atoms with Gasteiger partial charge < -0.3 is 10.1 Å². The molecule has 1 saturated carbocycles. The highest BCUT2D eigenvalue weighted by atomic mass is 35.5. The molecular formula is C13H19ClN2O. The van der Waals surface area contributed by atoms with Crippen molar-refractivity contribution < 1.29 is 4.74 Å². The van der Waals surface area contributed by atoms with Crippen LogP contribution in [-0.2, 0) is 6.54 Å². The highest BCUT2D eigenvalue weighted by Gasteiger charge is 2.22. The van der Waals surface area contributed by atoms with E-state index in [9.17, 15) is 0 Å². The van der Waals surface area contributed by atoms with E-state index in [1.54, 1.807) is 13.3 Å². The molecule has 1 fully saturated rings. The van der Waals surface area contributed by atoms with Crippen LogP contribution in [0.2, 0.25) is 0 Å². The van der Waals surface area contributed by atoms with E-state index in [-0.39, 0.29) is 0 Å². The Morgan fingerprint density at radius 2 is 2.41 bits per heavy atom. The SMILES string of the molecule is COc1ncccc1CNCC1CCC(Cl)C1. The summed E-state index contributed by atoms with van der Waals surface area (Å²) in [7, 11) is 1.65. The lowest BCUT2D eigenvalue weighted by Crippen LogP contribution is -2.21. The Labute approximate surface area is 108 Å². The molecule has 4 heteroatoms. The highest BCUT2D eigenvalue weighted by molar-refractivity contribution is 6.20. The molecule has 17 heavy (non-hydrogen) atoms. The zero-order valence-corrected chi connectivity index (χ0v) is 10.9. The zero-order valence-electron chi connectivity index (χ0n) is 10.2. The first kappa shape index (κ1) is 12.7. The second-order valence-corrected chi connectivity index (χ2v) is 5.20. The number of methoxy groups -OCH3 is 1. The van der Waals surface area contributed by atoms with Crippen LogP contribution < -0.4 is 10.1 Å². The van der Waals surface area contributed by atoms with Crippen molar-refractivity contribution in [2.45, 2.75) is 31.2 Å². The molecule has 1 aliphatic carbocycles. The summed E-state index contributed by atoms with van der Waals surface area (Å²) in [6, 6.07) is 3.97. The smallest absolute Gasteiger partial charge is 0.217 e. The van der Waals surface area contributed by atoms with Crippen molar-refractivity contribution in [3.05, 3.63) is 23.9 Å². The number of alkyl halides is 1. The number of nitrogens with zero attached hydrogens (tertiary/aromatic N) is 1. The first-order valence-electron chi connectivity index (χ1n) is 6.12. The van der Waals surface area contributed by atoms with Crippen molar-refractivity contribution in [1.29, 1.82) is 0 Å². The first-order valence-corrected chi connectivity index (χ1v) is 6.56. The minimum atomic E-state index is 0.384. The van der Waals surface area contributed by atoms with Gasteiger partial charge in [0.05, 0.1) is 7.11 Å². The van der Waals surface area contributed by atoms with E-state index in [0.717, 1.165) is 37.4 Å². The summed E-state index contributed by atoms with van der Waals surface area (Å²) < 4.78 is 5.21. The molecule has 2 rings (SSSR count). The Hall–Kier alpha value is -0.800. The maximum absolute atomic E-state index is 6.09. The lowest BCUT2D eigenvalue weighted by atomic mass is 10.1. The molecule has 0 aliphatic heterocycles. The maximum atomic E-state index is 6.09. The third-order valence-corrected chi connectivity index (χ3v) is 3.67. The Balaban J connectivity index is 1.78. The van der Waals surface area contributed by atoms with Gasteiger partial charge in [-0.25, -0.2) is 4.98 Å². The minimum absolute atomic E-state index is 0.384. The molecule has 0 bridgehead atoms. The predicted molar refractivity (Wildman–Crippen MR) is 69.5 cm³/mol. The van der Waals surface area contributed by atoms with Gasteiger partial charge in [0.1, 0.15) is 0 Å². The molecule has 2 atom stereocenters. The van der Waals surface area contributed by atoms with Crippen molar-refractivity contribution in [3.8, 4) is 5.88 Å². The van der Waals surface area contributed by atoms with Gasteiger partial charge in [-0.05, 0) is 37.8 Å². The number of aromatic nitrogens is 1. The monoisotopic (exact) mass is 254 g/mol. The number of pyridine rings is 1. The third-order valence-electron chi connectivity index (χ3n) is 3.27. The maximum Gasteiger partial charge on any atom is 0.217 e. The van der Waals surface area contributed by atoms with Gasteiger partial charge in [-0.15, -0.1) is 11.6 Å². The van der Waals surface area contributed by atoms with Crippen molar-refractivity contribution in [1.82, 2.24) is 10.3 Å². The first-order chi connectivity index (χ1) is 8.29. The molecule has 94 valence electrons. The molecule has 0 spiro atoms. The van der Waals surface area contributed by atoms with E-state index < -0.39 is 0 Å². The average molecular weight is 255 g/mol. The number of hydrogen-bond acceptors (Lipinski definition) is 3. The van der Waals surface area contributed by atoms with E-state index in [1.165, 1.54) is 6.42 Å².